The van der Waals surface area contributed by atoms with Gasteiger partial charge in [-0.2, -0.15) is 0 Å². The molecule has 2 atom stereocenters. The minimum absolute atomic E-state index is 0.0678. The Hall–Kier alpha value is -5.34. The SMILES string of the molecule is COc1cc(C(=O)C(=O)N2CCCC2c2nnc(C3CCCN3C(=O)C(=O)c3cc(OC)c(OC)c(OC)c3)o2)cc(OC)c1OC. The Morgan fingerprint density at radius 3 is 1.23 bits per heavy atom. The number of nitrogens with zero attached hydrogens (tertiary/aromatic N) is 4. The monoisotopic (exact) mass is 652 g/mol. The van der Waals surface area contributed by atoms with Crippen LogP contribution in [0.25, 0.3) is 0 Å². The van der Waals surface area contributed by atoms with Crippen molar-refractivity contribution in [1.82, 2.24) is 20.0 Å². The van der Waals surface area contributed by atoms with Crippen LogP contribution in [0.4, 0.5) is 0 Å². The van der Waals surface area contributed by atoms with Crippen LogP contribution in [0.5, 0.6) is 34.5 Å². The Morgan fingerprint density at radius 2 is 0.936 bits per heavy atom. The van der Waals surface area contributed by atoms with Gasteiger partial charge in [0.25, 0.3) is 23.4 Å². The number of ether oxygens (including phenoxy) is 6. The summed E-state index contributed by atoms with van der Waals surface area (Å²) < 4.78 is 38.0. The van der Waals surface area contributed by atoms with E-state index in [-0.39, 0.29) is 45.9 Å². The molecule has 2 fully saturated rings. The second-order valence-electron chi connectivity index (χ2n) is 10.8. The molecule has 0 bridgehead atoms. The highest BCUT2D eigenvalue weighted by Gasteiger charge is 2.41. The Kier molecular flexibility index (Phi) is 9.82. The summed E-state index contributed by atoms with van der Waals surface area (Å²) in [6, 6.07) is 4.37. The molecule has 3 heterocycles. The summed E-state index contributed by atoms with van der Waals surface area (Å²) in [4.78, 5) is 56.5. The smallest absolute Gasteiger partial charge is 0.295 e. The second-order valence-corrected chi connectivity index (χ2v) is 10.8. The predicted molar refractivity (Wildman–Crippen MR) is 163 cm³/mol. The van der Waals surface area contributed by atoms with E-state index in [0.29, 0.717) is 50.3 Å². The van der Waals surface area contributed by atoms with Gasteiger partial charge in [0.15, 0.2) is 23.0 Å². The van der Waals surface area contributed by atoms with Gasteiger partial charge in [-0.3, -0.25) is 19.2 Å². The third-order valence-corrected chi connectivity index (χ3v) is 8.30. The van der Waals surface area contributed by atoms with Crippen molar-refractivity contribution in [3.63, 3.8) is 0 Å². The third-order valence-electron chi connectivity index (χ3n) is 8.30. The van der Waals surface area contributed by atoms with Gasteiger partial charge in [-0.25, -0.2) is 0 Å². The van der Waals surface area contributed by atoms with Crippen molar-refractivity contribution >= 4 is 23.4 Å². The van der Waals surface area contributed by atoms with Crippen molar-refractivity contribution < 1.29 is 52.0 Å². The lowest BCUT2D eigenvalue weighted by molar-refractivity contribution is -0.128. The number of carbonyl (C=O) groups excluding carboxylic acids is 4. The topological polar surface area (TPSA) is 169 Å². The van der Waals surface area contributed by atoms with Gasteiger partial charge < -0.3 is 42.6 Å². The van der Waals surface area contributed by atoms with E-state index in [9.17, 15) is 19.2 Å². The standard InChI is InChI=1S/C32H36N4O11/c1-41-21-13-17(14-22(42-2)27(21)45-5)25(37)31(39)35-11-7-9-19(35)29-33-34-30(47-29)20-10-8-12-36(20)32(40)26(38)18-15-23(43-3)28(46-6)24(16-18)44-4/h13-16,19-20H,7-12H2,1-6H3. The summed E-state index contributed by atoms with van der Waals surface area (Å²) in [5.74, 6) is -1.24. The minimum Gasteiger partial charge on any atom is -0.493 e. The molecule has 0 aliphatic carbocycles. The summed E-state index contributed by atoms with van der Waals surface area (Å²) in [6.45, 7) is 0.601. The van der Waals surface area contributed by atoms with Crippen LogP contribution in [-0.2, 0) is 9.59 Å². The lowest BCUT2D eigenvalue weighted by Gasteiger charge is -2.23. The van der Waals surface area contributed by atoms with Crippen molar-refractivity contribution in [1.29, 1.82) is 0 Å². The number of aromatic nitrogens is 2. The average molecular weight is 653 g/mol. The predicted octanol–water partition coefficient (Wildman–Crippen LogP) is 3.21. The van der Waals surface area contributed by atoms with Crippen molar-refractivity contribution in [2.75, 3.05) is 55.7 Å². The third kappa shape index (κ3) is 6.12. The fraction of sp³-hybridized carbons (Fsp3) is 0.438. The molecule has 2 aliphatic heterocycles. The van der Waals surface area contributed by atoms with Crippen molar-refractivity contribution in [3.8, 4) is 34.5 Å². The number of benzene rings is 2. The molecule has 250 valence electrons. The largest absolute Gasteiger partial charge is 0.493 e. The van der Waals surface area contributed by atoms with Crippen molar-refractivity contribution in [2.45, 2.75) is 37.8 Å². The van der Waals surface area contributed by atoms with E-state index in [1.54, 1.807) is 0 Å². The number of likely N-dealkylation sites (tertiary alicyclic amines) is 2. The first-order chi connectivity index (χ1) is 22.7. The minimum atomic E-state index is -0.770. The normalized spacial score (nSPS) is 17.3. The molecule has 2 saturated heterocycles. The average Bonchev–Trinajstić information content (AvgIpc) is 3.90. The number of Topliss-reactive ketones (excluding diaryl/α,β-unsaturated/α-hetero) is 2. The molecule has 15 heteroatoms. The van der Waals surface area contributed by atoms with E-state index >= 15 is 0 Å². The molecule has 0 N–H and O–H groups in total. The first-order valence-electron chi connectivity index (χ1n) is 14.8. The van der Waals surface area contributed by atoms with Crippen LogP contribution in [0.1, 0.15) is 70.3 Å². The maximum absolute atomic E-state index is 13.5. The number of rotatable bonds is 12. The van der Waals surface area contributed by atoms with Crippen LogP contribution in [0.3, 0.4) is 0 Å². The van der Waals surface area contributed by atoms with Crippen LogP contribution in [0.15, 0.2) is 28.7 Å². The van der Waals surface area contributed by atoms with Crippen LogP contribution < -0.4 is 28.4 Å². The van der Waals surface area contributed by atoms with Gasteiger partial charge in [-0.15, -0.1) is 10.2 Å². The zero-order valence-corrected chi connectivity index (χ0v) is 27.0. The summed E-state index contributed by atoms with van der Waals surface area (Å²) in [5, 5.41) is 8.40. The van der Waals surface area contributed by atoms with Gasteiger partial charge in [0.2, 0.25) is 23.3 Å². The van der Waals surface area contributed by atoms with Gasteiger partial charge in [0.1, 0.15) is 12.1 Å². The number of hydrogen-bond acceptors (Lipinski definition) is 13. The summed E-state index contributed by atoms with van der Waals surface area (Å²) >= 11 is 0. The molecule has 0 saturated carbocycles. The van der Waals surface area contributed by atoms with E-state index in [1.165, 1.54) is 76.7 Å². The van der Waals surface area contributed by atoms with E-state index in [0.717, 1.165) is 0 Å². The number of hydrogen-bond donors (Lipinski definition) is 0. The quantitative estimate of drug-likeness (QED) is 0.207. The van der Waals surface area contributed by atoms with E-state index < -0.39 is 35.5 Å². The van der Waals surface area contributed by atoms with Crippen LogP contribution in [0.2, 0.25) is 0 Å². The number of amides is 2. The van der Waals surface area contributed by atoms with Gasteiger partial charge in [0.05, 0.1) is 42.7 Å². The van der Waals surface area contributed by atoms with Crippen molar-refractivity contribution in [2.24, 2.45) is 0 Å². The van der Waals surface area contributed by atoms with Crippen LogP contribution in [-0.4, -0.2) is 99.1 Å². The lowest BCUT2D eigenvalue weighted by Crippen LogP contribution is -2.36. The Labute approximate surface area is 270 Å². The maximum Gasteiger partial charge on any atom is 0.295 e. The fourth-order valence-electron chi connectivity index (χ4n) is 5.98. The molecule has 3 aromatic rings. The Morgan fingerprint density at radius 1 is 0.596 bits per heavy atom. The van der Waals surface area contributed by atoms with Crippen LogP contribution in [0, 0.1) is 0 Å². The highest BCUT2D eigenvalue weighted by molar-refractivity contribution is 6.43. The molecule has 5 rings (SSSR count). The zero-order valence-electron chi connectivity index (χ0n) is 27.0. The number of methoxy groups -OCH3 is 6. The summed E-state index contributed by atoms with van der Waals surface area (Å²) in [7, 11) is 8.54. The molecule has 2 aromatic carbocycles. The molecule has 2 amide bonds. The first kappa shape index (κ1) is 33.0. The number of carbonyl (C=O) groups is 4. The summed E-state index contributed by atoms with van der Waals surface area (Å²) in [5.41, 5.74) is 0.136. The lowest BCUT2D eigenvalue weighted by atomic mass is 10.1. The first-order valence-corrected chi connectivity index (χ1v) is 14.8. The van der Waals surface area contributed by atoms with Gasteiger partial charge >= 0.3 is 0 Å². The molecule has 0 radical (unpaired) electrons. The van der Waals surface area contributed by atoms with E-state index in [4.69, 9.17) is 32.8 Å². The summed E-state index contributed by atoms with van der Waals surface area (Å²) in [6.07, 6.45) is 2.19. The van der Waals surface area contributed by atoms with Crippen LogP contribution >= 0.6 is 0 Å². The van der Waals surface area contributed by atoms with E-state index in [1.807, 2.05) is 0 Å². The Bertz CT molecular complexity index is 1520. The highest BCUT2D eigenvalue weighted by Crippen LogP contribution is 2.41. The molecular formula is C32H36N4O11. The molecule has 0 spiro atoms. The van der Waals surface area contributed by atoms with Gasteiger partial charge in [0, 0.05) is 24.2 Å². The molecule has 2 unspecified atom stereocenters. The molecule has 15 nitrogen and oxygen atoms in total. The van der Waals surface area contributed by atoms with Gasteiger partial charge in [-0.05, 0) is 49.9 Å². The Balaban J connectivity index is 1.34. The maximum atomic E-state index is 13.5. The molecular weight excluding hydrogens is 616 g/mol. The van der Waals surface area contributed by atoms with Crippen molar-refractivity contribution in [3.05, 3.63) is 47.2 Å². The molecule has 2 aliphatic rings. The molecule has 47 heavy (non-hydrogen) atoms. The number of ketones is 2. The highest BCUT2D eigenvalue weighted by atomic mass is 16.5. The molecule has 1 aromatic heterocycles. The fourth-order valence-corrected chi connectivity index (χ4v) is 5.98. The zero-order chi connectivity index (χ0) is 33.8. The second kappa shape index (κ2) is 14.0. The van der Waals surface area contributed by atoms with E-state index in [2.05, 4.69) is 10.2 Å². The van der Waals surface area contributed by atoms with Gasteiger partial charge in [-0.1, -0.05) is 0 Å².